The van der Waals surface area contributed by atoms with Crippen molar-refractivity contribution in [2.24, 2.45) is 0 Å². The second-order valence-corrected chi connectivity index (χ2v) is 4.23. The number of nitrogens with zero attached hydrogens (tertiary/aromatic N) is 2. The molecule has 0 radical (unpaired) electrons. The van der Waals surface area contributed by atoms with E-state index in [1.165, 1.54) is 13.2 Å². The number of phenols is 1. The highest BCUT2D eigenvalue weighted by Gasteiger charge is 2.12. The van der Waals surface area contributed by atoms with Crippen LogP contribution in [0.5, 0.6) is 11.5 Å². The van der Waals surface area contributed by atoms with E-state index in [-0.39, 0.29) is 5.75 Å². The highest BCUT2D eigenvalue weighted by atomic mass is 16.5. The molecule has 0 saturated carbocycles. The molecular formula is C15H15N3O2. The second kappa shape index (κ2) is 6.55. The lowest BCUT2D eigenvalue weighted by Crippen LogP contribution is -2.19. The maximum Gasteiger partial charge on any atom is 0.160 e. The molecule has 5 nitrogen and oxygen atoms in total. The van der Waals surface area contributed by atoms with Gasteiger partial charge in [-0.3, -0.25) is 10.3 Å². The van der Waals surface area contributed by atoms with Crippen molar-refractivity contribution in [2.75, 3.05) is 7.11 Å². The molecule has 1 aromatic carbocycles. The number of nitriles is 1. The summed E-state index contributed by atoms with van der Waals surface area (Å²) in [6.07, 6.45) is 3.42. The van der Waals surface area contributed by atoms with Gasteiger partial charge in [0.25, 0.3) is 0 Å². The zero-order valence-corrected chi connectivity index (χ0v) is 11.1. The Morgan fingerprint density at radius 2 is 2.10 bits per heavy atom. The number of hydrogen-bond donors (Lipinski definition) is 2. The molecule has 0 fully saturated rings. The molecule has 2 N–H and O–H groups in total. The van der Waals surface area contributed by atoms with Crippen molar-refractivity contribution in [1.29, 1.82) is 5.26 Å². The maximum atomic E-state index is 9.56. The maximum absolute atomic E-state index is 9.56. The molecule has 0 bridgehead atoms. The number of methoxy groups -OCH3 is 1. The van der Waals surface area contributed by atoms with Crippen molar-refractivity contribution in [3.63, 3.8) is 0 Å². The minimum absolute atomic E-state index is 0.0575. The molecule has 1 unspecified atom stereocenters. The molecule has 5 heteroatoms. The predicted octanol–water partition coefficient (Wildman–Crippen LogP) is 2.15. The van der Waals surface area contributed by atoms with Crippen LogP contribution < -0.4 is 10.1 Å². The van der Waals surface area contributed by atoms with Gasteiger partial charge in [0.15, 0.2) is 11.5 Å². The number of aromatic nitrogens is 1. The van der Waals surface area contributed by atoms with E-state index in [1.54, 1.807) is 24.5 Å². The summed E-state index contributed by atoms with van der Waals surface area (Å²) in [5, 5.41) is 22.0. The van der Waals surface area contributed by atoms with Gasteiger partial charge in [0.05, 0.1) is 13.2 Å². The molecule has 1 aromatic heterocycles. The molecule has 102 valence electrons. The van der Waals surface area contributed by atoms with E-state index in [1.807, 2.05) is 12.1 Å². The van der Waals surface area contributed by atoms with E-state index in [0.717, 1.165) is 11.1 Å². The van der Waals surface area contributed by atoms with Gasteiger partial charge >= 0.3 is 0 Å². The quantitative estimate of drug-likeness (QED) is 0.869. The van der Waals surface area contributed by atoms with Crippen LogP contribution in [0.3, 0.4) is 0 Å². The Hall–Kier alpha value is -2.58. The fourth-order valence-corrected chi connectivity index (χ4v) is 1.83. The summed E-state index contributed by atoms with van der Waals surface area (Å²) in [5.41, 5.74) is 1.79. The first-order chi connectivity index (χ1) is 9.74. The molecular weight excluding hydrogens is 254 g/mol. The molecule has 0 aliphatic rings. The number of benzene rings is 1. The number of hydrogen-bond acceptors (Lipinski definition) is 5. The van der Waals surface area contributed by atoms with Crippen LogP contribution in [0, 0.1) is 11.3 Å². The average molecular weight is 269 g/mol. The first-order valence-corrected chi connectivity index (χ1v) is 6.13. The zero-order chi connectivity index (χ0) is 14.4. The Morgan fingerprint density at radius 3 is 2.75 bits per heavy atom. The van der Waals surface area contributed by atoms with Crippen LogP contribution in [0.1, 0.15) is 17.2 Å². The fourth-order valence-electron chi connectivity index (χ4n) is 1.83. The van der Waals surface area contributed by atoms with Gasteiger partial charge in [-0.2, -0.15) is 5.26 Å². The molecule has 0 saturated heterocycles. The van der Waals surface area contributed by atoms with Crippen LogP contribution in [0.15, 0.2) is 42.7 Å². The van der Waals surface area contributed by atoms with E-state index >= 15 is 0 Å². The number of rotatable bonds is 5. The van der Waals surface area contributed by atoms with Crippen LogP contribution in [-0.2, 0) is 6.54 Å². The Labute approximate surface area is 117 Å². The third kappa shape index (κ3) is 3.25. The topological polar surface area (TPSA) is 78.2 Å². The number of phenolic OH excluding ortho intramolecular Hbond substituents is 1. The molecule has 2 rings (SSSR count). The summed E-state index contributed by atoms with van der Waals surface area (Å²) < 4.78 is 5.05. The van der Waals surface area contributed by atoms with E-state index in [4.69, 9.17) is 4.74 Å². The largest absolute Gasteiger partial charge is 0.504 e. The highest BCUT2D eigenvalue weighted by Crippen LogP contribution is 2.28. The normalized spacial score (nSPS) is 11.6. The van der Waals surface area contributed by atoms with Gasteiger partial charge in [-0.05, 0) is 35.4 Å². The van der Waals surface area contributed by atoms with Gasteiger partial charge in [0.1, 0.15) is 6.04 Å². The first-order valence-electron chi connectivity index (χ1n) is 6.13. The summed E-state index contributed by atoms with van der Waals surface area (Å²) in [5.74, 6) is 0.413. The summed E-state index contributed by atoms with van der Waals surface area (Å²) in [6.45, 7) is 0.559. The van der Waals surface area contributed by atoms with Crippen LogP contribution in [0.4, 0.5) is 0 Å². The van der Waals surface area contributed by atoms with Gasteiger partial charge in [-0.15, -0.1) is 0 Å². The summed E-state index contributed by atoms with van der Waals surface area (Å²) in [4.78, 5) is 3.95. The van der Waals surface area contributed by atoms with Crippen molar-refractivity contribution in [2.45, 2.75) is 12.6 Å². The van der Waals surface area contributed by atoms with Crippen LogP contribution in [0.25, 0.3) is 0 Å². The van der Waals surface area contributed by atoms with Crippen LogP contribution in [0.2, 0.25) is 0 Å². The predicted molar refractivity (Wildman–Crippen MR) is 74.1 cm³/mol. The van der Waals surface area contributed by atoms with E-state index in [9.17, 15) is 10.4 Å². The standard InChI is InChI=1S/C15H15N3O2/c1-20-15-8-12(2-3-14(15)19)13(9-16)18-10-11-4-6-17-7-5-11/h2-8,13,18-19H,10H2,1H3. The van der Waals surface area contributed by atoms with E-state index in [2.05, 4.69) is 16.4 Å². The van der Waals surface area contributed by atoms with Gasteiger partial charge in [-0.25, -0.2) is 0 Å². The molecule has 0 aliphatic carbocycles. The Balaban J connectivity index is 2.11. The van der Waals surface area contributed by atoms with E-state index < -0.39 is 6.04 Å². The van der Waals surface area contributed by atoms with Crippen molar-refractivity contribution in [3.8, 4) is 17.6 Å². The second-order valence-electron chi connectivity index (χ2n) is 4.23. The van der Waals surface area contributed by atoms with Crippen molar-refractivity contribution in [3.05, 3.63) is 53.9 Å². The summed E-state index contributed by atoms with van der Waals surface area (Å²) in [7, 11) is 1.48. The molecule has 0 amide bonds. The van der Waals surface area contributed by atoms with Crippen molar-refractivity contribution < 1.29 is 9.84 Å². The third-order valence-corrected chi connectivity index (χ3v) is 2.93. The monoisotopic (exact) mass is 269 g/mol. The number of nitrogens with one attached hydrogen (secondary N) is 1. The van der Waals surface area contributed by atoms with Gasteiger partial charge in [0, 0.05) is 18.9 Å². The molecule has 0 spiro atoms. The minimum atomic E-state index is -0.474. The summed E-state index contributed by atoms with van der Waals surface area (Å²) >= 11 is 0. The van der Waals surface area contributed by atoms with Gasteiger partial charge in [-0.1, -0.05) is 6.07 Å². The highest BCUT2D eigenvalue weighted by molar-refractivity contribution is 5.43. The Kier molecular flexibility index (Phi) is 4.53. The molecule has 1 heterocycles. The van der Waals surface area contributed by atoms with Crippen molar-refractivity contribution >= 4 is 0 Å². The SMILES string of the molecule is COc1cc(C(C#N)NCc2ccncc2)ccc1O. The van der Waals surface area contributed by atoms with Gasteiger partial charge < -0.3 is 9.84 Å². The molecule has 2 aromatic rings. The average Bonchev–Trinajstić information content (AvgIpc) is 2.50. The third-order valence-electron chi connectivity index (χ3n) is 2.93. The van der Waals surface area contributed by atoms with E-state index in [0.29, 0.717) is 12.3 Å². The minimum Gasteiger partial charge on any atom is -0.504 e. The number of pyridine rings is 1. The molecule has 0 aliphatic heterocycles. The number of aromatic hydroxyl groups is 1. The molecule has 20 heavy (non-hydrogen) atoms. The van der Waals surface area contributed by atoms with Crippen molar-refractivity contribution in [1.82, 2.24) is 10.3 Å². The van der Waals surface area contributed by atoms with Crippen LogP contribution in [-0.4, -0.2) is 17.2 Å². The number of ether oxygens (including phenoxy) is 1. The lowest BCUT2D eigenvalue weighted by Gasteiger charge is -2.13. The zero-order valence-electron chi connectivity index (χ0n) is 11.1. The molecule has 1 atom stereocenters. The smallest absolute Gasteiger partial charge is 0.160 e. The Bertz CT molecular complexity index is 608. The lowest BCUT2D eigenvalue weighted by atomic mass is 10.1. The Morgan fingerprint density at radius 1 is 1.35 bits per heavy atom. The van der Waals surface area contributed by atoms with Crippen LogP contribution >= 0.6 is 0 Å². The lowest BCUT2D eigenvalue weighted by molar-refractivity contribution is 0.372. The summed E-state index contributed by atoms with van der Waals surface area (Å²) in [6, 6.07) is 10.4. The first kappa shape index (κ1) is 13.8. The van der Waals surface area contributed by atoms with Gasteiger partial charge in [0.2, 0.25) is 0 Å². The fraction of sp³-hybridized carbons (Fsp3) is 0.200.